The van der Waals surface area contributed by atoms with Crippen LogP contribution < -0.4 is 5.32 Å². The van der Waals surface area contributed by atoms with Gasteiger partial charge in [0.05, 0.1) is 6.10 Å². The lowest BCUT2D eigenvalue weighted by Gasteiger charge is -2.19. The molecule has 0 aliphatic heterocycles. The van der Waals surface area contributed by atoms with E-state index in [-0.39, 0.29) is 0 Å². The van der Waals surface area contributed by atoms with Crippen LogP contribution in [0.3, 0.4) is 0 Å². The number of nitrogens with one attached hydrogen (secondary N) is 1. The molecule has 106 valence electrons. The third-order valence-corrected chi connectivity index (χ3v) is 2.51. The highest BCUT2D eigenvalue weighted by Gasteiger charge is 2.15. The van der Waals surface area contributed by atoms with Gasteiger partial charge in [0.1, 0.15) is 5.60 Å². The highest BCUT2D eigenvalue weighted by atomic mass is 16.6. The lowest BCUT2D eigenvalue weighted by molar-refractivity contribution is 0.0523. The maximum Gasteiger partial charge on any atom is 0.407 e. The van der Waals surface area contributed by atoms with Crippen molar-refractivity contribution in [3.05, 3.63) is 35.9 Å². The molecule has 1 amide bonds. The molecular weight excluding hydrogens is 242 g/mol. The molecule has 0 spiro atoms. The molecule has 4 nitrogen and oxygen atoms in total. The van der Waals surface area contributed by atoms with Crippen LogP contribution in [-0.4, -0.2) is 23.3 Å². The van der Waals surface area contributed by atoms with Gasteiger partial charge in [0.2, 0.25) is 0 Å². The Bertz CT molecular complexity index is 384. The molecule has 1 atom stereocenters. The molecule has 4 heteroatoms. The summed E-state index contributed by atoms with van der Waals surface area (Å²) in [5.74, 6) is 0. The number of hydrogen-bond acceptors (Lipinski definition) is 3. The first-order valence-electron chi connectivity index (χ1n) is 6.58. The Kier molecular flexibility index (Phi) is 5.83. The van der Waals surface area contributed by atoms with Crippen molar-refractivity contribution in [3.8, 4) is 0 Å². The summed E-state index contributed by atoms with van der Waals surface area (Å²) in [6.45, 7) is 5.97. The fourth-order valence-electron chi connectivity index (χ4n) is 1.64. The average Bonchev–Trinajstić information content (AvgIpc) is 2.33. The molecule has 2 N–H and O–H groups in total. The number of carbonyl (C=O) groups excluding carboxylic acids is 1. The summed E-state index contributed by atoms with van der Waals surface area (Å²) < 4.78 is 5.12. The largest absolute Gasteiger partial charge is 0.444 e. The third-order valence-electron chi connectivity index (χ3n) is 2.51. The van der Waals surface area contributed by atoms with Crippen molar-refractivity contribution < 1.29 is 14.6 Å². The molecule has 0 aliphatic rings. The second-order valence-corrected chi connectivity index (χ2v) is 5.50. The minimum Gasteiger partial charge on any atom is -0.444 e. The topological polar surface area (TPSA) is 58.6 Å². The molecule has 0 radical (unpaired) electrons. The Morgan fingerprint density at radius 2 is 1.95 bits per heavy atom. The molecule has 0 aromatic heterocycles. The molecule has 1 aromatic carbocycles. The Hall–Kier alpha value is -1.55. The van der Waals surface area contributed by atoms with Crippen LogP contribution in [0.25, 0.3) is 0 Å². The normalized spacial score (nSPS) is 12.8. The van der Waals surface area contributed by atoms with Gasteiger partial charge in [0, 0.05) is 6.54 Å². The van der Waals surface area contributed by atoms with E-state index in [0.29, 0.717) is 19.4 Å². The first-order valence-corrected chi connectivity index (χ1v) is 6.58. The molecule has 0 bridgehead atoms. The van der Waals surface area contributed by atoms with Crippen LogP contribution in [0.2, 0.25) is 0 Å². The standard InChI is InChI=1S/C15H23NO3/c1-15(2,3)19-14(18)16-11-7-10-13(17)12-8-5-4-6-9-12/h4-6,8-9,13,17H,7,10-11H2,1-3H3,(H,16,18)/t13-/m0/s1. The minimum absolute atomic E-state index is 0.415. The van der Waals surface area contributed by atoms with Gasteiger partial charge in [-0.2, -0.15) is 0 Å². The molecule has 0 heterocycles. The number of hydrogen-bond donors (Lipinski definition) is 2. The summed E-state index contributed by atoms with van der Waals surface area (Å²) >= 11 is 0. The smallest absolute Gasteiger partial charge is 0.407 e. The van der Waals surface area contributed by atoms with Gasteiger partial charge < -0.3 is 15.2 Å². The lowest BCUT2D eigenvalue weighted by atomic mass is 10.1. The van der Waals surface area contributed by atoms with Crippen molar-refractivity contribution in [1.82, 2.24) is 5.32 Å². The monoisotopic (exact) mass is 265 g/mol. The Morgan fingerprint density at radius 3 is 2.53 bits per heavy atom. The van der Waals surface area contributed by atoms with Crippen LogP contribution in [-0.2, 0) is 4.74 Å². The predicted molar refractivity (Wildman–Crippen MR) is 74.9 cm³/mol. The predicted octanol–water partition coefficient (Wildman–Crippen LogP) is 3.02. The van der Waals surface area contributed by atoms with Gasteiger partial charge >= 0.3 is 6.09 Å². The zero-order valence-corrected chi connectivity index (χ0v) is 11.8. The number of aliphatic hydroxyl groups excluding tert-OH is 1. The van der Waals surface area contributed by atoms with Crippen LogP contribution in [0, 0.1) is 0 Å². The zero-order valence-electron chi connectivity index (χ0n) is 11.8. The highest BCUT2D eigenvalue weighted by Crippen LogP contribution is 2.17. The van der Waals surface area contributed by atoms with Gasteiger partial charge in [-0.05, 0) is 39.2 Å². The summed E-state index contributed by atoms with van der Waals surface area (Å²) in [5, 5.41) is 12.6. The number of rotatable bonds is 5. The van der Waals surface area contributed by atoms with E-state index in [1.165, 1.54) is 0 Å². The zero-order chi connectivity index (χ0) is 14.3. The van der Waals surface area contributed by atoms with Gasteiger partial charge in [-0.25, -0.2) is 4.79 Å². The van der Waals surface area contributed by atoms with Crippen molar-refractivity contribution in [3.63, 3.8) is 0 Å². The van der Waals surface area contributed by atoms with Gasteiger partial charge in [-0.1, -0.05) is 30.3 Å². The molecule has 1 aromatic rings. The second-order valence-electron chi connectivity index (χ2n) is 5.50. The van der Waals surface area contributed by atoms with Gasteiger partial charge in [-0.15, -0.1) is 0 Å². The maximum absolute atomic E-state index is 11.4. The second kappa shape index (κ2) is 7.14. The summed E-state index contributed by atoms with van der Waals surface area (Å²) in [6.07, 6.45) is 0.415. The van der Waals surface area contributed by atoms with E-state index in [9.17, 15) is 9.90 Å². The van der Waals surface area contributed by atoms with Crippen molar-refractivity contribution in [2.45, 2.75) is 45.3 Å². The summed E-state index contributed by atoms with van der Waals surface area (Å²) in [7, 11) is 0. The number of benzene rings is 1. The van der Waals surface area contributed by atoms with E-state index in [1.54, 1.807) is 0 Å². The fraction of sp³-hybridized carbons (Fsp3) is 0.533. The van der Waals surface area contributed by atoms with E-state index in [4.69, 9.17) is 4.74 Å². The summed E-state index contributed by atoms with van der Waals surface area (Å²) in [6, 6.07) is 9.51. The molecule has 0 saturated heterocycles. The SMILES string of the molecule is CC(C)(C)OC(=O)NCCC[C@H](O)c1ccccc1. The molecule has 0 aliphatic carbocycles. The van der Waals surface area contributed by atoms with Crippen molar-refractivity contribution in [2.75, 3.05) is 6.54 Å². The Labute approximate surface area is 114 Å². The van der Waals surface area contributed by atoms with Crippen molar-refractivity contribution in [1.29, 1.82) is 0 Å². The Balaban J connectivity index is 2.19. The number of aliphatic hydroxyl groups is 1. The lowest BCUT2D eigenvalue weighted by Crippen LogP contribution is -2.33. The minimum atomic E-state index is -0.485. The number of amides is 1. The van der Waals surface area contributed by atoms with E-state index >= 15 is 0 Å². The van der Waals surface area contributed by atoms with Crippen molar-refractivity contribution >= 4 is 6.09 Å². The molecule has 19 heavy (non-hydrogen) atoms. The van der Waals surface area contributed by atoms with Crippen LogP contribution >= 0.6 is 0 Å². The third kappa shape index (κ3) is 6.82. The van der Waals surface area contributed by atoms with Gasteiger partial charge in [-0.3, -0.25) is 0 Å². The first-order chi connectivity index (χ1) is 8.88. The fourth-order valence-corrected chi connectivity index (χ4v) is 1.64. The van der Waals surface area contributed by atoms with Gasteiger partial charge in [0.25, 0.3) is 0 Å². The van der Waals surface area contributed by atoms with Crippen LogP contribution in [0.5, 0.6) is 0 Å². The maximum atomic E-state index is 11.4. The van der Waals surface area contributed by atoms with Crippen LogP contribution in [0.4, 0.5) is 4.79 Å². The molecule has 0 unspecified atom stereocenters. The van der Waals surface area contributed by atoms with Crippen LogP contribution in [0.1, 0.15) is 45.3 Å². The van der Waals surface area contributed by atoms with E-state index < -0.39 is 17.8 Å². The first kappa shape index (κ1) is 15.5. The quantitative estimate of drug-likeness (QED) is 0.804. The number of alkyl carbamates (subject to hydrolysis) is 1. The summed E-state index contributed by atoms with van der Waals surface area (Å²) in [5.41, 5.74) is 0.424. The Morgan fingerprint density at radius 1 is 1.32 bits per heavy atom. The number of ether oxygens (including phenoxy) is 1. The molecule has 0 saturated carbocycles. The van der Waals surface area contributed by atoms with Crippen molar-refractivity contribution in [2.24, 2.45) is 0 Å². The molecule has 1 rings (SSSR count). The average molecular weight is 265 g/mol. The van der Waals surface area contributed by atoms with Gasteiger partial charge in [0.15, 0.2) is 0 Å². The van der Waals surface area contributed by atoms with Crippen LogP contribution in [0.15, 0.2) is 30.3 Å². The molecule has 0 fully saturated rings. The summed E-state index contributed by atoms with van der Waals surface area (Å²) in [4.78, 5) is 11.4. The molecular formula is C15H23NO3. The van der Waals surface area contributed by atoms with E-state index in [0.717, 1.165) is 5.56 Å². The van der Waals surface area contributed by atoms with E-state index in [1.807, 2.05) is 51.1 Å². The highest BCUT2D eigenvalue weighted by molar-refractivity contribution is 5.67. The number of carbonyl (C=O) groups is 1. The van der Waals surface area contributed by atoms with E-state index in [2.05, 4.69) is 5.32 Å².